The van der Waals surface area contributed by atoms with E-state index in [1.165, 1.54) is 12.1 Å². The Kier molecular flexibility index (Phi) is 5.06. The van der Waals surface area contributed by atoms with Crippen LogP contribution in [0.2, 0.25) is 0 Å². The van der Waals surface area contributed by atoms with E-state index in [-0.39, 0.29) is 29.2 Å². The Labute approximate surface area is 151 Å². The van der Waals surface area contributed by atoms with Crippen LogP contribution in [0, 0.1) is 0 Å². The standard InChI is InChI=1S/C18H19N3O4S/c19-26(24,25)13-7-5-12(6-8-13)9-10-20-17(22)11-16-14-3-1-2-4-15(14)18(23)21-16/h1-8,16H,9-11H2,(H,20,22)(H,21,23)(H2,19,24,25)/t16-/m1/s1. The normalized spacial score (nSPS) is 16.0. The third-order valence-electron chi connectivity index (χ3n) is 4.26. The van der Waals surface area contributed by atoms with Crippen molar-refractivity contribution in [3.63, 3.8) is 0 Å². The molecule has 2 amide bonds. The lowest BCUT2D eigenvalue weighted by molar-refractivity contribution is -0.121. The Balaban J connectivity index is 1.50. The molecule has 1 aliphatic heterocycles. The first-order chi connectivity index (χ1) is 12.3. The van der Waals surface area contributed by atoms with Crippen molar-refractivity contribution in [1.29, 1.82) is 0 Å². The molecule has 0 radical (unpaired) electrons. The minimum atomic E-state index is -3.70. The van der Waals surface area contributed by atoms with Gasteiger partial charge in [0.25, 0.3) is 5.91 Å². The second kappa shape index (κ2) is 7.27. The maximum Gasteiger partial charge on any atom is 0.252 e. The third-order valence-corrected chi connectivity index (χ3v) is 5.19. The summed E-state index contributed by atoms with van der Waals surface area (Å²) in [5.41, 5.74) is 2.34. The molecule has 0 aromatic heterocycles. The Morgan fingerprint density at radius 1 is 1.12 bits per heavy atom. The molecule has 26 heavy (non-hydrogen) atoms. The number of nitrogens with one attached hydrogen (secondary N) is 2. The largest absolute Gasteiger partial charge is 0.356 e. The van der Waals surface area contributed by atoms with Gasteiger partial charge >= 0.3 is 0 Å². The smallest absolute Gasteiger partial charge is 0.252 e. The zero-order valence-corrected chi connectivity index (χ0v) is 14.8. The first kappa shape index (κ1) is 18.1. The summed E-state index contributed by atoms with van der Waals surface area (Å²) in [6, 6.07) is 13.1. The highest BCUT2D eigenvalue weighted by Gasteiger charge is 2.29. The van der Waals surface area contributed by atoms with Crippen LogP contribution < -0.4 is 15.8 Å². The second-order valence-electron chi connectivity index (χ2n) is 6.11. The summed E-state index contributed by atoms with van der Waals surface area (Å²) in [6.07, 6.45) is 0.733. The fraction of sp³-hybridized carbons (Fsp3) is 0.222. The molecule has 0 saturated carbocycles. The Bertz CT molecular complexity index is 939. The predicted octanol–water partition coefficient (Wildman–Crippen LogP) is 0.867. The van der Waals surface area contributed by atoms with Crippen molar-refractivity contribution in [2.45, 2.75) is 23.8 Å². The van der Waals surface area contributed by atoms with Crippen LogP contribution in [-0.4, -0.2) is 26.8 Å². The lowest BCUT2D eigenvalue weighted by Gasteiger charge is -2.12. The summed E-state index contributed by atoms with van der Waals surface area (Å²) in [4.78, 5) is 24.0. The highest BCUT2D eigenvalue weighted by atomic mass is 32.2. The van der Waals surface area contributed by atoms with Crippen molar-refractivity contribution in [3.8, 4) is 0 Å². The van der Waals surface area contributed by atoms with Gasteiger partial charge in [-0.1, -0.05) is 30.3 Å². The van der Waals surface area contributed by atoms with Gasteiger partial charge < -0.3 is 10.6 Å². The van der Waals surface area contributed by atoms with Crippen LogP contribution in [-0.2, 0) is 21.2 Å². The van der Waals surface area contributed by atoms with Crippen LogP contribution in [0.15, 0.2) is 53.4 Å². The van der Waals surface area contributed by atoms with E-state index < -0.39 is 10.0 Å². The van der Waals surface area contributed by atoms with E-state index in [0.29, 0.717) is 18.5 Å². The lowest BCUT2D eigenvalue weighted by atomic mass is 10.0. The molecule has 0 spiro atoms. The Morgan fingerprint density at radius 2 is 1.81 bits per heavy atom. The van der Waals surface area contributed by atoms with Crippen molar-refractivity contribution in [3.05, 3.63) is 65.2 Å². The fourth-order valence-corrected chi connectivity index (χ4v) is 3.45. The number of hydrogen-bond acceptors (Lipinski definition) is 4. The molecule has 1 atom stereocenters. The molecule has 2 aromatic rings. The van der Waals surface area contributed by atoms with Gasteiger partial charge in [0.2, 0.25) is 15.9 Å². The number of carbonyl (C=O) groups is 2. The van der Waals surface area contributed by atoms with Crippen LogP contribution in [0.1, 0.15) is 33.9 Å². The van der Waals surface area contributed by atoms with Crippen LogP contribution in [0.3, 0.4) is 0 Å². The van der Waals surface area contributed by atoms with Crippen LogP contribution >= 0.6 is 0 Å². The number of primary sulfonamides is 1. The number of nitrogens with two attached hydrogens (primary N) is 1. The maximum atomic E-state index is 12.1. The number of benzene rings is 2. The zero-order valence-electron chi connectivity index (χ0n) is 13.9. The molecule has 2 aromatic carbocycles. The van der Waals surface area contributed by atoms with Crippen LogP contribution in [0.4, 0.5) is 0 Å². The average Bonchev–Trinajstić information content (AvgIpc) is 2.91. The van der Waals surface area contributed by atoms with Crippen LogP contribution in [0.5, 0.6) is 0 Å². The van der Waals surface area contributed by atoms with E-state index >= 15 is 0 Å². The lowest BCUT2D eigenvalue weighted by Crippen LogP contribution is -2.30. The van der Waals surface area contributed by atoms with E-state index in [2.05, 4.69) is 10.6 Å². The SMILES string of the molecule is NS(=O)(=O)c1ccc(CCNC(=O)C[C@H]2NC(=O)c3ccccc32)cc1. The molecule has 0 aliphatic carbocycles. The number of carbonyl (C=O) groups excluding carboxylic acids is 2. The number of hydrogen-bond donors (Lipinski definition) is 3. The monoisotopic (exact) mass is 373 g/mol. The quantitative estimate of drug-likeness (QED) is 0.696. The van der Waals surface area contributed by atoms with E-state index in [1.54, 1.807) is 24.3 Å². The summed E-state index contributed by atoms with van der Waals surface area (Å²) in [7, 11) is -3.70. The van der Waals surface area contributed by atoms with Crippen molar-refractivity contribution in [2.75, 3.05) is 6.54 Å². The molecule has 8 heteroatoms. The molecule has 3 rings (SSSR count). The molecule has 0 saturated heterocycles. The summed E-state index contributed by atoms with van der Waals surface area (Å²) < 4.78 is 22.4. The van der Waals surface area contributed by atoms with E-state index in [0.717, 1.165) is 11.1 Å². The van der Waals surface area contributed by atoms with E-state index in [4.69, 9.17) is 5.14 Å². The molecule has 0 unspecified atom stereocenters. The minimum Gasteiger partial charge on any atom is -0.356 e. The van der Waals surface area contributed by atoms with Gasteiger partial charge in [0, 0.05) is 12.1 Å². The van der Waals surface area contributed by atoms with Crippen LogP contribution in [0.25, 0.3) is 0 Å². The van der Waals surface area contributed by atoms with E-state index in [1.807, 2.05) is 12.1 Å². The molecule has 1 heterocycles. The number of sulfonamides is 1. The fourth-order valence-electron chi connectivity index (χ4n) is 2.93. The van der Waals surface area contributed by atoms with Gasteiger partial charge in [-0.25, -0.2) is 13.6 Å². The first-order valence-electron chi connectivity index (χ1n) is 8.13. The van der Waals surface area contributed by atoms with Gasteiger partial charge in [0.1, 0.15) is 0 Å². The Hall–Kier alpha value is -2.71. The summed E-state index contributed by atoms with van der Waals surface area (Å²) in [5.74, 6) is -0.318. The molecule has 4 N–H and O–H groups in total. The van der Waals surface area contributed by atoms with Gasteiger partial charge in [-0.05, 0) is 35.7 Å². The van der Waals surface area contributed by atoms with Gasteiger partial charge in [0.05, 0.1) is 17.4 Å². The van der Waals surface area contributed by atoms with Crippen molar-refractivity contribution < 1.29 is 18.0 Å². The van der Waals surface area contributed by atoms with Crippen molar-refractivity contribution in [1.82, 2.24) is 10.6 Å². The van der Waals surface area contributed by atoms with Gasteiger partial charge in [-0.3, -0.25) is 9.59 Å². The zero-order chi connectivity index (χ0) is 18.7. The Morgan fingerprint density at radius 3 is 2.50 bits per heavy atom. The number of rotatable bonds is 6. The van der Waals surface area contributed by atoms with E-state index in [9.17, 15) is 18.0 Å². The molecule has 0 bridgehead atoms. The second-order valence-corrected chi connectivity index (χ2v) is 7.67. The summed E-state index contributed by atoms with van der Waals surface area (Å²) in [5, 5.41) is 10.7. The molecule has 7 nitrogen and oxygen atoms in total. The topological polar surface area (TPSA) is 118 Å². The number of amides is 2. The third kappa shape index (κ3) is 4.09. The molecular weight excluding hydrogens is 354 g/mol. The van der Waals surface area contributed by atoms with Crippen molar-refractivity contribution >= 4 is 21.8 Å². The van der Waals surface area contributed by atoms with Gasteiger partial charge in [0.15, 0.2) is 0 Å². The van der Waals surface area contributed by atoms with Gasteiger partial charge in [-0.15, -0.1) is 0 Å². The predicted molar refractivity (Wildman–Crippen MR) is 95.8 cm³/mol. The van der Waals surface area contributed by atoms with Gasteiger partial charge in [-0.2, -0.15) is 0 Å². The first-order valence-corrected chi connectivity index (χ1v) is 9.67. The molecule has 1 aliphatic rings. The average molecular weight is 373 g/mol. The molecule has 0 fully saturated rings. The molecule has 136 valence electrons. The maximum absolute atomic E-state index is 12.1. The summed E-state index contributed by atoms with van der Waals surface area (Å²) >= 11 is 0. The summed E-state index contributed by atoms with van der Waals surface area (Å²) in [6.45, 7) is 0.413. The molecular formula is C18H19N3O4S. The van der Waals surface area contributed by atoms with Crippen molar-refractivity contribution in [2.24, 2.45) is 5.14 Å². The minimum absolute atomic E-state index is 0.0564. The highest BCUT2D eigenvalue weighted by Crippen LogP contribution is 2.27. The number of fused-ring (bicyclic) bond motifs is 1. The highest BCUT2D eigenvalue weighted by molar-refractivity contribution is 7.89.